The molecule has 3 aromatic rings. The number of hydrogen-bond donors (Lipinski definition) is 1. The molecule has 0 N–H and O–H groups in total. The van der Waals surface area contributed by atoms with Crippen molar-refractivity contribution in [2.24, 2.45) is 7.05 Å². The van der Waals surface area contributed by atoms with E-state index in [2.05, 4.69) is 14.8 Å². The van der Waals surface area contributed by atoms with Crippen LogP contribution in [0.4, 0.5) is 0 Å². The second kappa shape index (κ2) is 8.28. The Morgan fingerprint density at radius 1 is 1.22 bits per heavy atom. The predicted octanol–water partition coefficient (Wildman–Crippen LogP) is 1.33. The largest absolute Gasteiger partial charge is 0.465 e. The molecule has 8 nitrogen and oxygen atoms in total. The Morgan fingerprint density at radius 2 is 2.04 bits per heavy atom. The van der Waals surface area contributed by atoms with Crippen molar-refractivity contribution in [3.05, 3.63) is 59.5 Å². The summed E-state index contributed by atoms with van der Waals surface area (Å²) in [7, 11) is 0.402. The highest BCUT2D eigenvalue weighted by molar-refractivity contribution is 7.69. The first-order valence-corrected chi connectivity index (χ1v) is 9.44. The maximum atomic E-state index is 11.7. The van der Waals surface area contributed by atoms with E-state index in [1.165, 1.54) is 17.6 Å². The number of benzene rings is 1. The van der Waals surface area contributed by atoms with E-state index >= 15 is 0 Å². The first-order chi connectivity index (χ1) is 13.0. The molecule has 0 amide bonds. The average molecular weight is 388 g/mol. The number of esters is 1. The maximum absolute atomic E-state index is 11.7. The second-order valence-electron chi connectivity index (χ2n) is 6.02. The Balaban J connectivity index is 1.71. The third kappa shape index (κ3) is 4.32. The highest BCUT2D eigenvalue weighted by Crippen LogP contribution is 2.19. The van der Waals surface area contributed by atoms with Gasteiger partial charge in [0.15, 0.2) is 0 Å². The molecule has 0 radical (unpaired) electrons. The van der Waals surface area contributed by atoms with Crippen LogP contribution in [-0.2, 0) is 35.6 Å². The summed E-state index contributed by atoms with van der Waals surface area (Å²) in [6.07, 6.45) is 3.74. The molecule has 0 aliphatic rings. The number of pyridine rings is 1. The molecule has 0 atom stereocenters. The van der Waals surface area contributed by atoms with Gasteiger partial charge in [0.2, 0.25) is 10.9 Å². The topological polar surface area (TPSA) is 94.4 Å². The minimum Gasteiger partial charge on any atom is -0.465 e. The number of aryl methyl sites for hydroxylation is 1. The van der Waals surface area contributed by atoms with Crippen LogP contribution in [0.5, 0.6) is 0 Å². The lowest BCUT2D eigenvalue weighted by atomic mass is 10.1. The number of nitrogens with zero attached hydrogens (tertiary/aromatic N) is 4. The zero-order valence-corrected chi connectivity index (χ0v) is 15.9. The third-order valence-electron chi connectivity index (χ3n) is 4.34. The third-order valence-corrected chi connectivity index (χ3v) is 5.15. The van der Waals surface area contributed by atoms with Crippen LogP contribution in [0.15, 0.2) is 42.7 Å². The number of thiol groups is 1. The van der Waals surface area contributed by atoms with E-state index in [1.54, 1.807) is 23.0 Å². The van der Waals surface area contributed by atoms with Crippen LogP contribution in [0.2, 0.25) is 0 Å². The lowest BCUT2D eigenvalue weighted by Crippen LogP contribution is -2.24. The summed E-state index contributed by atoms with van der Waals surface area (Å²) in [5, 5.41) is 5.27. The zero-order valence-electron chi connectivity index (χ0n) is 15.0. The smallest absolute Gasteiger partial charge is 0.339 e. The molecule has 27 heavy (non-hydrogen) atoms. The standard InChI is InChI=1S/C18H20N4O4S/c1-21-17-5-3-4-13(16(17)11-20-21)8-9-22(27(24)25)12-15-7-6-14(10-19-15)18(23)26-2/h3-7,10-11,27H,8-9,12H2,1-2H3. The van der Waals surface area contributed by atoms with Gasteiger partial charge >= 0.3 is 5.97 Å². The summed E-state index contributed by atoms with van der Waals surface area (Å²) in [6, 6.07) is 9.09. The number of carbonyl (C=O) groups is 1. The van der Waals surface area contributed by atoms with Crippen molar-refractivity contribution in [2.45, 2.75) is 13.0 Å². The molecular formula is C18H20N4O4S. The molecule has 0 saturated heterocycles. The van der Waals surface area contributed by atoms with Crippen molar-refractivity contribution in [1.82, 2.24) is 19.1 Å². The van der Waals surface area contributed by atoms with Gasteiger partial charge in [-0.25, -0.2) is 13.2 Å². The van der Waals surface area contributed by atoms with Gasteiger partial charge in [-0.3, -0.25) is 9.67 Å². The van der Waals surface area contributed by atoms with Gasteiger partial charge in [0.05, 0.1) is 36.6 Å². The van der Waals surface area contributed by atoms with Gasteiger partial charge in [-0.2, -0.15) is 9.40 Å². The summed E-state index contributed by atoms with van der Waals surface area (Å²) in [5.74, 6) is -0.481. The monoisotopic (exact) mass is 388 g/mol. The highest BCUT2D eigenvalue weighted by atomic mass is 32.2. The molecular weight excluding hydrogens is 368 g/mol. The molecule has 0 saturated carbocycles. The van der Waals surface area contributed by atoms with E-state index in [-0.39, 0.29) is 6.54 Å². The highest BCUT2D eigenvalue weighted by Gasteiger charge is 2.13. The van der Waals surface area contributed by atoms with Gasteiger partial charge in [-0.05, 0) is 30.2 Å². The van der Waals surface area contributed by atoms with E-state index in [4.69, 9.17) is 0 Å². The maximum Gasteiger partial charge on any atom is 0.339 e. The summed E-state index contributed by atoms with van der Waals surface area (Å²) in [4.78, 5) is 15.6. The number of aromatic nitrogens is 3. The molecule has 3 rings (SSSR count). The van der Waals surface area contributed by atoms with Gasteiger partial charge in [-0.15, -0.1) is 0 Å². The average Bonchev–Trinajstić information content (AvgIpc) is 3.06. The Hall–Kier alpha value is -2.78. The Morgan fingerprint density at radius 3 is 2.70 bits per heavy atom. The molecule has 0 bridgehead atoms. The van der Waals surface area contributed by atoms with Crippen molar-refractivity contribution in [1.29, 1.82) is 0 Å². The number of methoxy groups -OCH3 is 1. The number of rotatable bonds is 7. The summed E-state index contributed by atoms with van der Waals surface area (Å²) < 4.78 is 31.1. The van der Waals surface area contributed by atoms with Crippen molar-refractivity contribution >= 4 is 27.8 Å². The number of hydrogen-bond acceptors (Lipinski definition) is 6. The van der Waals surface area contributed by atoms with E-state index in [0.717, 1.165) is 16.5 Å². The molecule has 0 fully saturated rings. The summed E-state index contributed by atoms with van der Waals surface area (Å²) in [5.41, 5.74) is 2.92. The fraction of sp³-hybridized carbons (Fsp3) is 0.278. The van der Waals surface area contributed by atoms with Crippen LogP contribution < -0.4 is 0 Å². The van der Waals surface area contributed by atoms with E-state index in [9.17, 15) is 13.2 Å². The van der Waals surface area contributed by atoms with Gasteiger partial charge in [0.25, 0.3) is 0 Å². The molecule has 1 aromatic carbocycles. The lowest BCUT2D eigenvalue weighted by Gasteiger charge is -2.15. The molecule has 0 aliphatic heterocycles. The van der Waals surface area contributed by atoms with Gasteiger partial charge in [0.1, 0.15) is 0 Å². The second-order valence-corrected chi connectivity index (χ2v) is 7.07. The number of ether oxygens (including phenoxy) is 1. The minimum atomic E-state index is -2.76. The van der Waals surface area contributed by atoms with E-state index < -0.39 is 16.9 Å². The molecule has 2 aromatic heterocycles. The van der Waals surface area contributed by atoms with Crippen LogP contribution in [0.3, 0.4) is 0 Å². The van der Waals surface area contributed by atoms with Crippen LogP contribution in [-0.4, -0.2) is 47.1 Å². The molecule has 0 unspecified atom stereocenters. The van der Waals surface area contributed by atoms with E-state index in [1.807, 2.05) is 25.2 Å². The zero-order chi connectivity index (χ0) is 19.4. The van der Waals surface area contributed by atoms with Crippen molar-refractivity contribution < 1.29 is 17.9 Å². The Bertz CT molecular complexity index is 1020. The first-order valence-electron chi connectivity index (χ1n) is 8.31. The van der Waals surface area contributed by atoms with E-state index in [0.29, 0.717) is 24.2 Å². The van der Waals surface area contributed by atoms with Crippen LogP contribution >= 0.6 is 0 Å². The fourth-order valence-electron chi connectivity index (χ4n) is 2.87. The first kappa shape index (κ1) is 19.0. The Kier molecular flexibility index (Phi) is 5.82. The van der Waals surface area contributed by atoms with Crippen LogP contribution in [0, 0.1) is 0 Å². The van der Waals surface area contributed by atoms with Gasteiger partial charge < -0.3 is 4.74 Å². The van der Waals surface area contributed by atoms with Crippen molar-refractivity contribution in [3.63, 3.8) is 0 Å². The van der Waals surface area contributed by atoms with Crippen LogP contribution in [0.1, 0.15) is 21.6 Å². The molecule has 0 aliphatic carbocycles. The Labute approximate surface area is 158 Å². The molecule has 0 spiro atoms. The van der Waals surface area contributed by atoms with Gasteiger partial charge in [-0.1, -0.05) is 12.1 Å². The minimum absolute atomic E-state index is 0.142. The molecule has 142 valence electrons. The molecule has 2 heterocycles. The molecule has 9 heteroatoms. The van der Waals surface area contributed by atoms with Crippen molar-refractivity contribution in [2.75, 3.05) is 13.7 Å². The normalized spacial score (nSPS) is 11.4. The quantitative estimate of drug-likeness (QED) is 0.485. The van der Waals surface area contributed by atoms with Crippen molar-refractivity contribution in [3.8, 4) is 0 Å². The summed E-state index contributed by atoms with van der Waals surface area (Å²) >= 11 is 0. The van der Waals surface area contributed by atoms with Crippen LogP contribution in [0.25, 0.3) is 10.9 Å². The predicted molar refractivity (Wildman–Crippen MR) is 101 cm³/mol. The number of carbonyl (C=O) groups excluding carboxylic acids is 1. The fourth-order valence-corrected chi connectivity index (χ4v) is 3.39. The van der Waals surface area contributed by atoms with Gasteiger partial charge in [0, 0.05) is 25.2 Å². The SMILES string of the molecule is COC(=O)c1ccc(CN(CCc2cccc3c2cnn3C)[SH](=O)=O)nc1. The lowest BCUT2D eigenvalue weighted by molar-refractivity contribution is 0.0600. The summed E-state index contributed by atoms with van der Waals surface area (Å²) in [6.45, 7) is 0.469. The number of fused-ring (bicyclic) bond motifs is 1.